The normalized spacial score (nSPS) is 23.5. The number of aromatic nitrogens is 1. The second-order valence-corrected chi connectivity index (χ2v) is 5.46. The van der Waals surface area contributed by atoms with Gasteiger partial charge in [0, 0.05) is 12.1 Å². The van der Waals surface area contributed by atoms with Crippen LogP contribution in [0.25, 0.3) is 0 Å². The van der Waals surface area contributed by atoms with Crippen molar-refractivity contribution in [1.29, 1.82) is 0 Å². The van der Waals surface area contributed by atoms with E-state index in [4.69, 9.17) is 4.42 Å². The number of likely N-dealkylation sites (tertiary alicyclic amines) is 1. The molecule has 4 heteroatoms. The number of rotatable bonds is 4. The molecule has 1 saturated heterocycles. The molecule has 18 heavy (non-hydrogen) atoms. The van der Waals surface area contributed by atoms with Crippen molar-refractivity contribution in [2.24, 2.45) is 0 Å². The van der Waals surface area contributed by atoms with E-state index in [2.05, 4.69) is 36.0 Å². The van der Waals surface area contributed by atoms with Gasteiger partial charge in [-0.15, -0.1) is 0 Å². The van der Waals surface area contributed by atoms with Crippen LogP contribution < -0.4 is 5.32 Å². The molecule has 1 fully saturated rings. The van der Waals surface area contributed by atoms with Gasteiger partial charge in [0.1, 0.15) is 6.26 Å². The van der Waals surface area contributed by atoms with Crippen molar-refractivity contribution in [1.82, 2.24) is 15.2 Å². The monoisotopic (exact) mass is 251 g/mol. The van der Waals surface area contributed by atoms with Gasteiger partial charge in [0.05, 0.1) is 11.7 Å². The predicted molar refractivity (Wildman–Crippen MR) is 72.4 cm³/mol. The van der Waals surface area contributed by atoms with E-state index in [0.29, 0.717) is 12.1 Å². The first-order valence-corrected chi connectivity index (χ1v) is 7.01. The van der Waals surface area contributed by atoms with Gasteiger partial charge in [0.15, 0.2) is 0 Å². The molecular formula is C14H25N3O. The highest BCUT2D eigenvalue weighted by molar-refractivity contribution is 5.05. The SMILES string of the molecule is CNC(C)c1coc(C2CCCCN2C(C)C)n1. The van der Waals surface area contributed by atoms with Gasteiger partial charge in [0.25, 0.3) is 0 Å². The van der Waals surface area contributed by atoms with E-state index in [0.717, 1.165) is 24.6 Å². The Morgan fingerprint density at radius 1 is 1.39 bits per heavy atom. The van der Waals surface area contributed by atoms with Gasteiger partial charge in [-0.1, -0.05) is 6.42 Å². The lowest BCUT2D eigenvalue weighted by Gasteiger charge is -2.36. The molecule has 1 aliphatic heterocycles. The molecule has 2 atom stereocenters. The molecule has 102 valence electrons. The van der Waals surface area contributed by atoms with Crippen LogP contribution in [0, 0.1) is 0 Å². The first-order valence-electron chi connectivity index (χ1n) is 7.01. The smallest absolute Gasteiger partial charge is 0.211 e. The Labute approximate surface area is 110 Å². The highest BCUT2D eigenvalue weighted by atomic mass is 16.3. The molecule has 0 spiro atoms. The van der Waals surface area contributed by atoms with Gasteiger partial charge < -0.3 is 9.73 Å². The van der Waals surface area contributed by atoms with Crippen LogP contribution in [0.4, 0.5) is 0 Å². The number of nitrogens with one attached hydrogen (secondary N) is 1. The molecule has 0 amide bonds. The molecular weight excluding hydrogens is 226 g/mol. The van der Waals surface area contributed by atoms with E-state index < -0.39 is 0 Å². The summed E-state index contributed by atoms with van der Waals surface area (Å²) in [6, 6.07) is 1.16. The third-order valence-electron chi connectivity index (χ3n) is 3.91. The molecule has 0 aliphatic carbocycles. The van der Waals surface area contributed by atoms with Crippen molar-refractivity contribution in [2.45, 2.75) is 58.2 Å². The average Bonchev–Trinajstić information content (AvgIpc) is 2.87. The lowest BCUT2D eigenvalue weighted by Crippen LogP contribution is -2.38. The summed E-state index contributed by atoms with van der Waals surface area (Å²) in [5.74, 6) is 0.889. The van der Waals surface area contributed by atoms with E-state index in [1.807, 2.05) is 7.05 Å². The number of piperidine rings is 1. The molecule has 2 unspecified atom stereocenters. The summed E-state index contributed by atoms with van der Waals surface area (Å²) in [5, 5.41) is 3.20. The third-order valence-corrected chi connectivity index (χ3v) is 3.91. The molecule has 0 aromatic carbocycles. The maximum Gasteiger partial charge on any atom is 0.211 e. The van der Waals surface area contributed by atoms with Gasteiger partial charge in [-0.05, 0) is 47.2 Å². The van der Waals surface area contributed by atoms with Gasteiger partial charge in [-0.2, -0.15) is 0 Å². The largest absolute Gasteiger partial charge is 0.447 e. The first kappa shape index (κ1) is 13.6. The first-order chi connectivity index (χ1) is 8.63. The van der Waals surface area contributed by atoms with Crippen LogP contribution in [0.2, 0.25) is 0 Å². The van der Waals surface area contributed by atoms with Gasteiger partial charge >= 0.3 is 0 Å². The van der Waals surface area contributed by atoms with Crippen LogP contribution in [-0.4, -0.2) is 29.5 Å². The van der Waals surface area contributed by atoms with Crippen LogP contribution in [-0.2, 0) is 0 Å². The fourth-order valence-corrected chi connectivity index (χ4v) is 2.64. The minimum atomic E-state index is 0.249. The highest BCUT2D eigenvalue weighted by Gasteiger charge is 2.29. The molecule has 0 saturated carbocycles. The van der Waals surface area contributed by atoms with Crippen molar-refractivity contribution in [3.63, 3.8) is 0 Å². The van der Waals surface area contributed by atoms with Crippen LogP contribution >= 0.6 is 0 Å². The van der Waals surface area contributed by atoms with Crippen LogP contribution in [0.3, 0.4) is 0 Å². The molecule has 1 aliphatic rings. The standard InChI is InChI=1S/C14H25N3O/c1-10(2)17-8-6-5-7-13(17)14-16-12(9-18-14)11(3)15-4/h9-11,13,15H,5-8H2,1-4H3. The number of hydrogen-bond donors (Lipinski definition) is 1. The molecule has 1 aromatic heterocycles. The Balaban J connectivity index is 2.15. The van der Waals surface area contributed by atoms with E-state index in [-0.39, 0.29) is 6.04 Å². The molecule has 0 bridgehead atoms. The number of oxazole rings is 1. The minimum absolute atomic E-state index is 0.249. The van der Waals surface area contributed by atoms with Crippen molar-refractivity contribution in [2.75, 3.05) is 13.6 Å². The Morgan fingerprint density at radius 2 is 2.17 bits per heavy atom. The summed E-state index contributed by atoms with van der Waals surface area (Å²) in [4.78, 5) is 7.17. The fraction of sp³-hybridized carbons (Fsp3) is 0.786. The summed E-state index contributed by atoms with van der Waals surface area (Å²) in [6.07, 6.45) is 5.51. The van der Waals surface area contributed by atoms with Crippen molar-refractivity contribution >= 4 is 0 Å². The third kappa shape index (κ3) is 2.75. The second kappa shape index (κ2) is 5.85. The quantitative estimate of drug-likeness (QED) is 0.893. The van der Waals surface area contributed by atoms with E-state index >= 15 is 0 Å². The zero-order valence-corrected chi connectivity index (χ0v) is 11.9. The summed E-state index contributed by atoms with van der Waals surface area (Å²) in [6.45, 7) is 7.75. The molecule has 4 nitrogen and oxygen atoms in total. The maximum atomic E-state index is 5.71. The molecule has 0 radical (unpaired) electrons. The van der Waals surface area contributed by atoms with Gasteiger partial charge in [-0.3, -0.25) is 4.90 Å². The molecule has 2 rings (SSSR count). The summed E-state index contributed by atoms with van der Waals surface area (Å²) in [7, 11) is 1.94. The van der Waals surface area contributed by atoms with E-state index in [1.165, 1.54) is 12.8 Å². The molecule has 2 heterocycles. The second-order valence-electron chi connectivity index (χ2n) is 5.46. The summed E-state index contributed by atoms with van der Waals surface area (Å²) < 4.78 is 5.71. The van der Waals surface area contributed by atoms with Gasteiger partial charge in [0.2, 0.25) is 5.89 Å². The topological polar surface area (TPSA) is 41.3 Å². The molecule has 1 aromatic rings. The Morgan fingerprint density at radius 3 is 2.83 bits per heavy atom. The van der Waals surface area contributed by atoms with Crippen molar-refractivity contribution in [3.8, 4) is 0 Å². The number of hydrogen-bond acceptors (Lipinski definition) is 4. The zero-order valence-electron chi connectivity index (χ0n) is 11.9. The van der Waals surface area contributed by atoms with Crippen molar-refractivity contribution in [3.05, 3.63) is 17.8 Å². The fourth-order valence-electron chi connectivity index (χ4n) is 2.64. The Kier molecular flexibility index (Phi) is 4.40. The summed E-state index contributed by atoms with van der Waals surface area (Å²) >= 11 is 0. The molecule has 1 N–H and O–H groups in total. The Bertz CT molecular complexity index is 375. The zero-order chi connectivity index (χ0) is 13.1. The lowest BCUT2D eigenvalue weighted by molar-refractivity contribution is 0.0924. The predicted octanol–water partition coefficient (Wildman–Crippen LogP) is 2.89. The van der Waals surface area contributed by atoms with Crippen molar-refractivity contribution < 1.29 is 4.42 Å². The van der Waals surface area contributed by atoms with E-state index in [1.54, 1.807) is 6.26 Å². The lowest BCUT2D eigenvalue weighted by atomic mass is 10.0. The van der Waals surface area contributed by atoms with E-state index in [9.17, 15) is 0 Å². The van der Waals surface area contributed by atoms with Crippen LogP contribution in [0.1, 0.15) is 63.7 Å². The average molecular weight is 251 g/mol. The van der Waals surface area contributed by atoms with Gasteiger partial charge in [-0.25, -0.2) is 4.98 Å². The van der Waals surface area contributed by atoms with Crippen LogP contribution in [0.15, 0.2) is 10.7 Å². The maximum absolute atomic E-state index is 5.71. The van der Waals surface area contributed by atoms with Crippen LogP contribution in [0.5, 0.6) is 0 Å². The minimum Gasteiger partial charge on any atom is -0.447 e. The summed E-state index contributed by atoms with van der Waals surface area (Å²) in [5.41, 5.74) is 1.00. The Hall–Kier alpha value is -0.870. The highest BCUT2D eigenvalue weighted by Crippen LogP contribution is 2.32. The number of nitrogens with zero attached hydrogens (tertiary/aromatic N) is 2.